The fourth-order valence-electron chi connectivity index (χ4n) is 2.47. The van der Waals surface area contributed by atoms with Gasteiger partial charge in [-0.25, -0.2) is 4.39 Å². The van der Waals surface area contributed by atoms with Crippen molar-refractivity contribution in [2.24, 2.45) is 4.99 Å². The zero-order valence-electron chi connectivity index (χ0n) is 14.8. The number of methoxy groups -OCH3 is 1. The lowest BCUT2D eigenvalue weighted by atomic mass is 10.1. The van der Waals surface area contributed by atoms with Gasteiger partial charge in [-0.3, -0.25) is 9.79 Å². The average molecular weight is 359 g/mol. The molecule has 0 heterocycles. The Kier molecular flexibility index (Phi) is 5.90. The molecule has 3 rings (SSSR count). The maximum Gasteiger partial charge on any atom is 0.185 e. The van der Waals surface area contributed by atoms with Crippen LogP contribution in [0.15, 0.2) is 83.9 Å². The molecule has 27 heavy (non-hydrogen) atoms. The number of carbonyl (C=O) groups excluding carboxylic acids is 1. The molecule has 0 amide bonds. The van der Waals surface area contributed by atoms with Crippen LogP contribution >= 0.6 is 0 Å². The summed E-state index contributed by atoms with van der Waals surface area (Å²) in [6.07, 6.45) is 4.86. The molecule has 0 atom stereocenters. The second-order valence-corrected chi connectivity index (χ2v) is 5.80. The van der Waals surface area contributed by atoms with E-state index < -0.39 is 0 Å². The highest BCUT2D eigenvalue weighted by atomic mass is 19.1. The fraction of sp³-hybridized carbons (Fsp3) is 0.0435. The summed E-state index contributed by atoms with van der Waals surface area (Å²) in [5, 5.41) is 0. The second-order valence-electron chi connectivity index (χ2n) is 5.80. The molecule has 0 N–H and O–H groups in total. The summed E-state index contributed by atoms with van der Waals surface area (Å²) in [6.45, 7) is 0. The molecule has 0 aromatic heterocycles. The molecule has 0 spiro atoms. The highest BCUT2D eigenvalue weighted by Gasteiger charge is 2.02. The third-order valence-electron chi connectivity index (χ3n) is 3.94. The summed E-state index contributed by atoms with van der Waals surface area (Å²) in [5.74, 6) is 0.321. The molecule has 3 aromatic carbocycles. The standard InChI is InChI=1S/C23H18FNO2/c1-27-23-5-3-2-4-19(23)16-25-21-13-9-18(10-14-21)22(26)15-8-17-6-11-20(24)12-7-17/h2-16H,1H3/b15-8+,25-16?. The lowest BCUT2D eigenvalue weighted by molar-refractivity contribution is 0.104. The summed E-state index contributed by atoms with van der Waals surface area (Å²) >= 11 is 0. The van der Waals surface area contributed by atoms with E-state index in [9.17, 15) is 9.18 Å². The van der Waals surface area contributed by atoms with Crippen molar-refractivity contribution in [1.82, 2.24) is 0 Å². The van der Waals surface area contributed by atoms with Gasteiger partial charge in [0, 0.05) is 17.3 Å². The second kappa shape index (κ2) is 8.72. The summed E-state index contributed by atoms with van der Waals surface area (Å²) < 4.78 is 18.2. The van der Waals surface area contributed by atoms with Crippen LogP contribution < -0.4 is 4.74 Å². The molecular formula is C23H18FNO2. The van der Waals surface area contributed by atoms with Gasteiger partial charge in [-0.1, -0.05) is 30.3 Å². The number of hydrogen-bond donors (Lipinski definition) is 0. The first-order valence-corrected chi connectivity index (χ1v) is 8.41. The van der Waals surface area contributed by atoms with Crippen molar-refractivity contribution in [2.75, 3.05) is 7.11 Å². The van der Waals surface area contributed by atoms with Crippen molar-refractivity contribution in [3.63, 3.8) is 0 Å². The Morgan fingerprint density at radius 2 is 1.67 bits per heavy atom. The zero-order chi connectivity index (χ0) is 19.1. The maximum absolute atomic E-state index is 12.9. The predicted molar refractivity (Wildman–Crippen MR) is 106 cm³/mol. The van der Waals surface area contributed by atoms with Crippen LogP contribution in [0.3, 0.4) is 0 Å². The maximum atomic E-state index is 12.9. The van der Waals surface area contributed by atoms with E-state index in [-0.39, 0.29) is 11.6 Å². The molecule has 3 nitrogen and oxygen atoms in total. The molecule has 0 fully saturated rings. The number of para-hydroxylation sites is 1. The quantitative estimate of drug-likeness (QED) is 0.332. The molecule has 0 radical (unpaired) electrons. The van der Waals surface area contributed by atoms with Crippen molar-refractivity contribution in [3.05, 3.63) is 101 Å². The van der Waals surface area contributed by atoms with E-state index in [0.29, 0.717) is 5.56 Å². The molecule has 134 valence electrons. The molecule has 0 saturated heterocycles. The van der Waals surface area contributed by atoms with Crippen molar-refractivity contribution in [3.8, 4) is 5.75 Å². The summed E-state index contributed by atoms with van der Waals surface area (Å²) in [5.41, 5.74) is 2.94. The topological polar surface area (TPSA) is 38.7 Å². The number of rotatable bonds is 6. The van der Waals surface area contributed by atoms with Crippen LogP contribution in [-0.4, -0.2) is 19.1 Å². The number of nitrogens with zero attached hydrogens (tertiary/aromatic N) is 1. The van der Waals surface area contributed by atoms with Crippen molar-refractivity contribution >= 4 is 23.8 Å². The van der Waals surface area contributed by atoms with E-state index >= 15 is 0 Å². The highest BCUT2D eigenvalue weighted by molar-refractivity contribution is 6.07. The summed E-state index contributed by atoms with van der Waals surface area (Å²) in [4.78, 5) is 16.7. The van der Waals surface area contributed by atoms with Gasteiger partial charge in [-0.05, 0) is 60.2 Å². The summed E-state index contributed by atoms with van der Waals surface area (Å²) in [7, 11) is 1.62. The Morgan fingerprint density at radius 1 is 0.963 bits per heavy atom. The molecule has 0 aliphatic rings. The first kappa shape index (κ1) is 18.3. The van der Waals surface area contributed by atoms with Gasteiger partial charge < -0.3 is 4.74 Å². The highest BCUT2D eigenvalue weighted by Crippen LogP contribution is 2.18. The van der Waals surface area contributed by atoms with Gasteiger partial charge in [-0.2, -0.15) is 0 Å². The first-order chi connectivity index (χ1) is 13.2. The number of ether oxygens (including phenoxy) is 1. The van der Waals surface area contributed by atoms with Gasteiger partial charge in [0.25, 0.3) is 0 Å². The molecule has 0 bridgehead atoms. The molecule has 0 aliphatic heterocycles. The molecule has 0 aliphatic carbocycles. The third-order valence-corrected chi connectivity index (χ3v) is 3.94. The number of halogens is 1. The van der Waals surface area contributed by atoms with E-state index in [2.05, 4.69) is 4.99 Å². The van der Waals surface area contributed by atoms with Crippen molar-refractivity contribution in [2.45, 2.75) is 0 Å². The van der Waals surface area contributed by atoms with E-state index in [0.717, 1.165) is 22.6 Å². The largest absolute Gasteiger partial charge is 0.496 e. The van der Waals surface area contributed by atoms with Gasteiger partial charge in [-0.15, -0.1) is 0 Å². The van der Waals surface area contributed by atoms with E-state index in [1.54, 1.807) is 55.8 Å². The van der Waals surface area contributed by atoms with Crippen LogP contribution in [0.5, 0.6) is 5.75 Å². The van der Waals surface area contributed by atoms with Gasteiger partial charge >= 0.3 is 0 Å². The van der Waals surface area contributed by atoms with Crippen molar-refractivity contribution in [1.29, 1.82) is 0 Å². The normalized spacial score (nSPS) is 11.2. The average Bonchev–Trinajstić information content (AvgIpc) is 2.72. The van der Waals surface area contributed by atoms with Gasteiger partial charge in [0.1, 0.15) is 11.6 Å². The number of allylic oxidation sites excluding steroid dienone is 1. The SMILES string of the molecule is COc1ccccc1C=Nc1ccc(C(=O)/C=C/c2ccc(F)cc2)cc1. The minimum absolute atomic E-state index is 0.125. The lowest BCUT2D eigenvalue weighted by Crippen LogP contribution is -1.93. The van der Waals surface area contributed by atoms with Crippen LogP contribution in [-0.2, 0) is 0 Å². The van der Waals surface area contributed by atoms with Crippen LogP contribution in [0, 0.1) is 5.82 Å². The van der Waals surface area contributed by atoms with E-state index in [4.69, 9.17) is 4.74 Å². The Bertz CT molecular complexity index is 974. The van der Waals surface area contributed by atoms with Crippen LogP contribution in [0.2, 0.25) is 0 Å². The van der Waals surface area contributed by atoms with Crippen LogP contribution in [0.1, 0.15) is 21.5 Å². The van der Waals surface area contributed by atoms with Gasteiger partial charge in [0.15, 0.2) is 5.78 Å². The lowest BCUT2D eigenvalue weighted by Gasteiger charge is -2.03. The first-order valence-electron chi connectivity index (χ1n) is 8.41. The molecule has 0 unspecified atom stereocenters. The Hall–Kier alpha value is -3.53. The van der Waals surface area contributed by atoms with Crippen LogP contribution in [0.25, 0.3) is 6.08 Å². The van der Waals surface area contributed by atoms with E-state index in [1.807, 2.05) is 24.3 Å². The fourth-order valence-corrected chi connectivity index (χ4v) is 2.47. The monoisotopic (exact) mass is 359 g/mol. The van der Waals surface area contributed by atoms with E-state index in [1.165, 1.54) is 18.2 Å². The molecule has 3 aromatic rings. The number of benzene rings is 3. The minimum atomic E-state index is -0.303. The number of ketones is 1. The Balaban J connectivity index is 1.68. The number of carbonyl (C=O) groups is 1. The molecular weight excluding hydrogens is 341 g/mol. The molecule has 0 saturated carbocycles. The predicted octanol–water partition coefficient (Wildman–Crippen LogP) is 5.48. The molecule has 4 heteroatoms. The van der Waals surface area contributed by atoms with Gasteiger partial charge in [0.2, 0.25) is 0 Å². The van der Waals surface area contributed by atoms with Crippen molar-refractivity contribution < 1.29 is 13.9 Å². The Morgan fingerprint density at radius 3 is 2.37 bits per heavy atom. The minimum Gasteiger partial charge on any atom is -0.496 e. The van der Waals surface area contributed by atoms with Crippen LogP contribution in [0.4, 0.5) is 10.1 Å². The Labute approximate surface area is 157 Å². The smallest absolute Gasteiger partial charge is 0.185 e. The zero-order valence-corrected chi connectivity index (χ0v) is 14.8. The third kappa shape index (κ3) is 4.98. The summed E-state index contributed by atoms with van der Waals surface area (Å²) in [6, 6.07) is 20.6. The number of hydrogen-bond acceptors (Lipinski definition) is 3. The van der Waals surface area contributed by atoms with Gasteiger partial charge in [0.05, 0.1) is 12.8 Å². The number of aliphatic imine (C=N–C) groups is 1.